The molecule has 0 radical (unpaired) electrons. The summed E-state index contributed by atoms with van der Waals surface area (Å²) in [6.07, 6.45) is 0.421. The molecule has 0 atom stereocenters. The normalized spacial score (nSPS) is 11.9. The zero-order valence-electron chi connectivity index (χ0n) is 11.8. The van der Waals surface area contributed by atoms with Crippen LogP contribution in [0.5, 0.6) is 0 Å². The maximum absolute atomic E-state index is 11.0. The number of hydrogen-bond acceptors (Lipinski definition) is 5. The molecule has 0 aromatic carbocycles. The summed E-state index contributed by atoms with van der Waals surface area (Å²) in [6, 6.07) is 0. The Hall–Kier alpha value is -0.940. The van der Waals surface area contributed by atoms with Crippen molar-refractivity contribution in [2.24, 2.45) is 0 Å². The van der Waals surface area contributed by atoms with Crippen LogP contribution >= 0.6 is 11.3 Å². The lowest BCUT2D eigenvalue weighted by molar-refractivity contribution is -0.140. The minimum absolute atomic E-state index is 0.0966. The summed E-state index contributed by atoms with van der Waals surface area (Å²) in [7, 11) is 3.40. The van der Waals surface area contributed by atoms with Gasteiger partial charge in [-0.25, -0.2) is 4.98 Å². The maximum atomic E-state index is 11.0. The zero-order chi connectivity index (χ0) is 13.8. The van der Waals surface area contributed by atoms with E-state index in [0.717, 1.165) is 17.2 Å². The molecule has 0 saturated heterocycles. The topological polar surface area (TPSA) is 42.4 Å². The fourth-order valence-corrected chi connectivity index (χ4v) is 2.52. The second kappa shape index (κ2) is 6.29. The number of thiazole rings is 1. The Labute approximate surface area is 113 Å². The number of esters is 1. The van der Waals surface area contributed by atoms with Crippen molar-refractivity contribution in [1.82, 2.24) is 9.88 Å². The van der Waals surface area contributed by atoms with Crippen LogP contribution in [-0.2, 0) is 21.5 Å². The largest absolute Gasteiger partial charge is 0.469 e. The van der Waals surface area contributed by atoms with E-state index >= 15 is 0 Å². The molecule has 0 N–H and O–H groups in total. The van der Waals surface area contributed by atoms with E-state index in [4.69, 9.17) is 0 Å². The van der Waals surface area contributed by atoms with Crippen LogP contribution in [0.4, 0.5) is 0 Å². The number of carbonyl (C=O) groups is 1. The lowest BCUT2D eigenvalue weighted by Gasteiger charge is -2.15. The van der Waals surface area contributed by atoms with Crippen molar-refractivity contribution in [1.29, 1.82) is 0 Å². The zero-order valence-corrected chi connectivity index (χ0v) is 12.6. The Bertz CT molecular complexity index is 396. The van der Waals surface area contributed by atoms with Crippen molar-refractivity contribution >= 4 is 17.3 Å². The van der Waals surface area contributed by atoms with E-state index in [9.17, 15) is 4.79 Å². The molecule has 1 rings (SSSR count). The molecule has 1 heterocycles. The van der Waals surface area contributed by atoms with Crippen molar-refractivity contribution in [3.8, 4) is 0 Å². The molecule has 0 aliphatic carbocycles. The molecule has 0 aliphatic rings. The SMILES string of the molecule is COC(=O)CCN(C)Cc1nc(C(C)(C)C)cs1. The summed E-state index contributed by atoms with van der Waals surface area (Å²) < 4.78 is 4.62. The van der Waals surface area contributed by atoms with Crippen LogP contribution in [-0.4, -0.2) is 36.6 Å². The molecule has 0 fully saturated rings. The predicted octanol–water partition coefficient (Wildman–Crippen LogP) is 2.44. The highest BCUT2D eigenvalue weighted by molar-refractivity contribution is 7.09. The van der Waals surface area contributed by atoms with Crippen molar-refractivity contribution in [2.75, 3.05) is 20.7 Å². The first-order valence-corrected chi connectivity index (χ1v) is 6.91. The fraction of sp³-hybridized carbons (Fsp3) is 0.692. The molecule has 0 aliphatic heterocycles. The number of rotatable bonds is 5. The first-order chi connectivity index (χ1) is 8.32. The lowest BCUT2D eigenvalue weighted by Crippen LogP contribution is -2.22. The van der Waals surface area contributed by atoms with Crippen LogP contribution in [0, 0.1) is 0 Å². The van der Waals surface area contributed by atoms with Gasteiger partial charge in [0.25, 0.3) is 0 Å². The number of methoxy groups -OCH3 is 1. The maximum Gasteiger partial charge on any atom is 0.306 e. The van der Waals surface area contributed by atoms with Gasteiger partial charge in [-0.3, -0.25) is 9.69 Å². The van der Waals surface area contributed by atoms with Crippen molar-refractivity contribution in [2.45, 2.75) is 39.2 Å². The van der Waals surface area contributed by atoms with Crippen LogP contribution in [0.15, 0.2) is 5.38 Å². The molecular weight excluding hydrogens is 248 g/mol. The smallest absolute Gasteiger partial charge is 0.306 e. The van der Waals surface area contributed by atoms with Crippen LogP contribution in [0.1, 0.15) is 37.9 Å². The molecule has 0 amide bonds. The van der Waals surface area contributed by atoms with Gasteiger partial charge in [0.2, 0.25) is 0 Å². The minimum atomic E-state index is -0.170. The van der Waals surface area contributed by atoms with Crippen molar-refractivity contribution in [3.63, 3.8) is 0 Å². The Balaban J connectivity index is 2.47. The quantitative estimate of drug-likeness (QED) is 0.771. The van der Waals surface area contributed by atoms with E-state index in [0.29, 0.717) is 13.0 Å². The van der Waals surface area contributed by atoms with Gasteiger partial charge in [0, 0.05) is 17.3 Å². The van der Waals surface area contributed by atoms with E-state index < -0.39 is 0 Å². The summed E-state index contributed by atoms with van der Waals surface area (Å²) in [5, 5.41) is 3.20. The van der Waals surface area contributed by atoms with Crippen LogP contribution < -0.4 is 0 Å². The highest BCUT2D eigenvalue weighted by Crippen LogP contribution is 2.24. The van der Waals surface area contributed by atoms with Gasteiger partial charge >= 0.3 is 5.97 Å². The van der Waals surface area contributed by atoms with Gasteiger partial charge in [0.1, 0.15) is 5.01 Å². The molecule has 0 bridgehead atoms. The number of ether oxygens (including phenoxy) is 1. The number of aromatic nitrogens is 1. The molecule has 1 aromatic rings. The molecule has 18 heavy (non-hydrogen) atoms. The number of carbonyl (C=O) groups excluding carboxylic acids is 1. The third-order valence-corrected chi connectivity index (χ3v) is 3.48. The van der Waals surface area contributed by atoms with Gasteiger partial charge < -0.3 is 4.74 Å². The van der Waals surface area contributed by atoms with Gasteiger partial charge in [0.05, 0.1) is 25.8 Å². The van der Waals surface area contributed by atoms with Crippen LogP contribution in [0.2, 0.25) is 0 Å². The third kappa shape index (κ3) is 4.74. The average molecular weight is 270 g/mol. The van der Waals surface area contributed by atoms with Crippen molar-refractivity contribution < 1.29 is 9.53 Å². The van der Waals surface area contributed by atoms with Crippen molar-refractivity contribution in [3.05, 3.63) is 16.1 Å². The highest BCUT2D eigenvalue weighted by atomic mass is 32.1. The molecule has 0 spiro atoms. The second-order valence-electron chi connectivity index (χ2n) is 5.44. The van der Waals surface area contributed by atoms with E-state index in [1.54, 1.807) is 11.3 Å². The Morgan fingerprint density at radius 3 is 2.67 bits per heavy atom. The third-order valence-electron chi connectivity index (χ3n) is 2.65. The number of nitrogens with zero attached hydrogens (tertiary/aromatic N) is 2. The van der Waals surface area contributed by atoms with Gasteiger partial charge in [-0.05, 0) is 7.05 Å². The minimum Gasteiger partial charge on any atom is -0.469 e. The summed E-state index contributed by atoms with van der Waals surface area (Å²) in [5.74, 6) is -0.170. The van der Waals surface area contributed by atoms with E-state index in [1.807, 2.05) is 7.05 Å². The monoisotopic (exact) mass is 270 g/mol. The Morgan fingerprint density at radius 2 is 2.17 bits per heavy atom. The molecule has 102 valence electrons. The first kappa shape index (κ1) is 15.1. The molecule has 0 saturated carbocycles. The van der Waals surface area contributed by atoms with Gasteiger partial charge in [-0.15, -0.1) is 11.3 Å². The fourth-order valence-electron chi connectivity index (χ4n) is 1.42. The molecule has 1 aromatic heterocycles. The standard InChI is InChI=1S/C13H22N2O2S/c1-13(2,3)10-9-18-11(14-10)8-15(4)7-6-12(16)17-5/h9H,6-8H2,1-5H3. The van der Waals surface area contributed by atoms with Gasteiger partial charge in [-0.1, -0.05) is 20.8 Å². The van der Waals surface area contributed by atoms with E-state index in [2.05, 4.69) is 40.8 Å². The summed E-state index contributed by atoms with van der Waals surface area (Å²) in [5.41, 5.74) is 1.23. The second-order valence-corrected chi connectivity index (χ2v) is 6.38. The summed E-state index contributed by atoms with van der Waals surface area (Å²) in [4.78, 5) is 17.8. The number of hydrogen-bond donors (Lipinski definition) is 0. The first-order valence-electron chi connectivity index (χ1n) is 6.03. The van der Waals surface area contributed by atoms with E-state index in [-0.39, 0.29) is 11.4 Å². The molecule has 4 nitrogen and oxygen atoms in total. The van der Waals surface area contributed by atoms with Crippen LogP contribution in [0.25, 0.3) is 0 Å². The molecule has 5 heteroatoms. The van der Waals surface area contributed by atoms with Crippen LogP contribution in [0.3, 0.4) is 0 Å². The lowest BCUT2D eigenvalue weighted by atomic mass is 9.93. The Kier molecular flexibility index (Phi) is 5.28. The molecule has 0 unspecified atom stereocenters. The van der Waals surface area contributed by atoms with E-state index in [1.165, 1.54) is 7.11 Å². The Morgan fingerprint density at radius 1 is 1.50 bits per heavy atom. The average Bonchev–Trinajstić information content (AvgIpc) is 2.74. The van der Waals surface area contributed by atoms with Gasteiger partial charge in [-0.2, -0.15) is 0 Å². The summed E-state index contributed by atoms with van der Waals surface area (Å²) >= 11 is 1.68. The predicted molar refractivity (Wildman–Crippen MR) is 73.8 cm³/mol. The molecular formula is C13H22N2O2S. The highest BCUT2D eigenvalue weighted by Gasteiger charge is 2.17. The summed E-state index contributed by atoms with van der Waals surface area (Å²) in [6.45, 7) is 7.95. The van der Waals surface area contributed by atoms with Gasteiger partial charge in [0.15, 0.2) is 0 Å².